The largest absolute Gasteiger partial charge is 0.303 e. The second-order valence-electron chi connectivity index (χ2n) is 14.2. The molecule has 0 saturated carbocycles. The molecule has 0 amide bonds. The highest BCUT2D eigenvalue weighted by atomic mass is 127. The molecule has 2 aliphatic heterocycles. The van der Waals surface area contributed by atoms with Gasteiger partial charge in [-0.05, 0) is 112 Å². The van der Waals surface area contributed by atoms with Crippen molar-refractivity contribution in [2.24, 2.45) is 39.1 Å². The molecule has 0 radical (unpaired) electrons. The lowest BCUT2D eigenvalue weighted by Crippen LogP contribution is -2.42. The van der Waals surface area contributed by atoms with E-state index < -0.39 is 0 Å². The molecule has 0 fully saturated rings. The van der Waals surface area contributed by atoms with Gasteiger partial charge >= 0.3 is 0 Å². The molecule has 3 aliphatic carbocycles. The number of hydrogen-bond acceptors (Lipinski definition) is 3. The van der Waals surface area contributed by atoms with Crippen LogP contribution < -0.4 is 5.32 Å². The molecular formula is C41H48IN3. The summed E-state index contributed by atoms with van der Waals surface area (Å²) in [5, 5.41) is 3.88. The molecule has 4 heteroatoms. The zero-order valence-electron chi connectivity index (χ0n) is 27.7. The Balaban J connectivity index is 1.41. The van der Waals surface area contributed by atoms with Crippen LogP contribution in [0.15, 0.2) is 127 Å². The van der Waals surface area contributed by atoms with Gasteiger partial charge < -0.3 is 5.32 Å². The van der Waals surface area contributed by atoms with E-state index in [9.17, 15) is 0 Å². The number of aliphatic imine (C=N–C) groups is 2. The number of hydrogen-bond donors (Lipinski definition) is 1. The maximum absolute atomic E-state index is 4.73. The molecule has 3 nitrogen and oxygen atoms in total. The summed E-state index contributed by atoms with van der Waals surface area (Å²) in [6.07, 6.45) is 29.7. The topological polar surface area (TPSA) is 36.8 Å². The summed E-state index contributed by atoms with van der Waals surface area (Å²) in [6.45, 7) is 12.4. The predicted molar refractivity (Wildman–Crippen MR) is 201 cm³/mol. The average Bonchev–Trinajstić information content (AvgIpc) is 3.30. The minimum atomic E-state index is 0.176. The van der Waals surface area contributed by atoms with Crippen LogP contribution in [-0.4, -0.2) is 31.6 Å². The highest BCUT2D eigenvalue weighted by Crippen LogP contribution is 2.56. The van der Waals surface area contributed by atoms with E-state index in [0.717, 1.165) is 25.1 Å². The van der Waals surface area contributed by atoms with Gasteiger partial charge in [-0.15, -0.1) is 0 Å². The first-order valence-corrected chi connectivity index (χ1v) is 17.8. The normalized spacial score (nSPS) is 31.8. The molecule has 1 N–H and O–H groups in total. The van der Waals surface area contributed by atoms with Gasteiger partial charge in [0.25, 0.3) is 0 Å². The summed E-state index contributed by atoms with van der Waals surface area (Å²) in [5.41, 5.74) is 9.84. The Bertz CT molecular complexity index is 1600. The number of halogens is 1. The van der Waals surface area contributed by atoms with Crippen molar-refractivity contribution in [3.63, 3.8) is 0 Å². The first kappa shape index (κ1) is 32.1. The summed E-state index contributed by atoms with van der Waals surface area (Å²) in [6, 6.07) is 9.80. The second-order valence-corrected chi connectivity index (χ2v) is 15.3. The Morgan fingerprint density at radius 2 is 1.87 bits per heavy atom. The van der Waals surface area contributed by atoms with E-state index in [-0.39, 0.29) is 17.5 Å². The lowest BCUT2D eigenvalue weighted by Gasteiger charge is -2.48. The Labute approximate surface area is 284 Å². The molecule has 7 unspecified atom stereocenters. The molecule has 0 spiro atoms. The maximum Gasteiger partial charge on any atom is 0.0783 e. The molecule has 1 aromatic rings. The number of nitrogens with zero attached hydrogens (tertiary/aromatic N) is 2. The first-order chi connectivity index (χ1) is 21.7. The van der Waals surface area contributed by atoms with E-state index in [1.165, 1.54) is 25.9 Å². The molecule has 6 rings (SSSR count). The van der Waals surface area contributed by atoms with E-state index in [2.05, 4.69) is 159 Å². The van der Waals surface area contributed by atoms with Crippen LogP contribution in [0.4, 0.5) is 0 Å². The number of benzene rings is 1. The van der Waals surface area contributed by atoms with Gasteiger partial charge in [-0.25, -0.2) is 0 Å². The van der Waals surface area contributed by atoms with Crippen molar-refractivity contribution < 1.29 is 0 Å². The molecular weight excluding hydrogens is 661 g/mol. The Kier molecular flexibility index (Phi) is 9.63. The zero-order valence-corrected chi connectivity index (χ0v) is 29.8. The highest BCUT2D eigenvalue weighted by molar-refractivity contribution is 14.1. The van der Waals surface area contributed by atoms with Crippen LogP contribution in [0.1, 0.15) is 70.5 Å². The Morgan fingerprint density at radius 3 is 2.56 bits per heavy atom. The van der Waals surface area contributed by atoms with Gasteiger partial charge in [-0.3, -0.25) is 9.98 Å². The number of nitrogens with one attached hydrogen (secondary N) is 1. The fourth-order valence-corrected chi connectivity index (χ4v) is 9.13. The fourth-order valence-electron chi connectivity index (χ4n) is 7.99. The molecule has 234 valence electrons. The monoisotopic (exact) mass is 709 g/mol. The summed E-state index contributed by atoms with van der Waals surface area (Å²) < 4.78 is 1.46. The average molecular weight is 710 g/mol. The van der Waals surface area contributed by atoms with Gasteiger partial charge in [-0.1, -0.05) is 106 Å². The summed E-state index contributed by atoms with van der Waals surface area (Å²) in [4.78, 5) is 9.29. The van der Waals surface area contributed by atoms with Crippen LogP contribution in [0.25, 0.3) is 0 Å². The Hall–Kier alpha value is -2.83. The molecule has 5 aliphatic rings. The van der Waals surface area contributed by atoms with E-state index in [1.807, 2.05) is 13.3 Å². The Morgan fingerprint density at radius 1 is 1.09 bits per heavy atom. The van der Waals surface area contributed by atoms with Crippen LogP contribution >= 0.6 is 22.6 Å². The maximum atomic E-state index is 4.73. The lowest BCUT2D eigenvalue weighted by molar-refractivity contribution is 0.272. The standard InChI is InChI=1S/C41H48IN3/c1-7-10-36(43-6)29-17-19-38(45-22-20-29)33-25-34(27-12-14-28(15-13-27)37-11-8-9-21-44-37)32-18-16-30-23-31(41(3,4)5)24-35(42)40(30)39(32)26(33)2/h7-10,12-21,24-26,30,32,34,37-39,45H,11,22-23H2,1-6H3/b10-7-,43-36+. The smallest absolute Gasteiger partial charge is 0.0783 e. The van der Waals surface area contributed by atoms with Crippen LogP contribution in [0.5, 0.6) is 0 Å². The summed E-state index contributed by atoms with van der Waals surface area (Å²) in [7, 11) is 1.88. The van der Waals surface area contributed by atoms with Crippen LogP contribution in [0.2, 0.25) is 0 Å². The van der Waals surface area contributed by atoms with Crippen molar-refractivity contribution in [1.29, 1.82) is 0 Å². The minimum Gasteiger partial charge on any atom is -0.303 e. The zero-order chi connectivity index (χ0) is 31.7. The van der Waals surface area contributed by atoms with E-state index in [1.54, 1.807) is 11.1 Å². The molecule has 2 heterocycles. The van der Waals surface area contributed by atoms with Crippen molar-refractivity contribution in [2.45, 2.75) is 65.5 Å². The SMILES string of the molecule is C/C=C\C(=N/C)C1=CCNC(C2=CC(c3ccc(C4CC=CC=N4)cc3)C3C=CC4CC(C(C)(C)C)=CC(I)=C4C3C2C)C=C1. The van der Waals surface area contributed by atoms with Gasteiger partial charge in [0.2, 0.25) is 0 Å². The molecule has 0 saturated heterocycles. The van der Waals surface area contributed by atoms with Crippen LogP contribution in [-0.2, 0) is 0 Å². The summed E-state index contributed by atoms with van der Waals surface area (Å²) in [5.74, 6) is 2.11. The third-order valence-corrected chi connectivity index (χ3v) is 11.4. The quantitative estimate of drug-likeness (QED) is 0.185. The fraction of sp³-hybridized carbons (Fsp3) is 0.415. The van der Waals surface area contributed by atoms with Crippen LogP contribution in [0, 0.1) is 29.1 Å². The molecule has 45 heavy (non-hydrogen) atoms. The van der Waals surface area contributed by atoms with Gasteiger partial charge in [-0.2, -0.15) is 0 Å². The van der Waals surface area contributed by atoms with Gasteiger partial charge in [0.05, 0.1) is 11.8 Å². The van der Waals surface area contributed by atoms with Crippen molar-refractivity contribution in [3.8, 4) is 0 Å². The van der Waals surface area contributed by atoms with Gasteiger partial charge in [0, 0.05) is 41.3 Å². The molecule has 7 atom stereocenters. The van der Waals surface area contributed by atoms with Gasteiger partial charge in [0.1, 0.15) is 0 Å². The molecule has 1 aromatic carbocycles. The second kappa shape index (κ2) is 13.5. The lowest BCUT2D eigenvalue weighted by atomic mass is 9.57. The predicted octanol–water partition coefficient (Wildman–Crippen LogP) is 10.0. The first-order valence-electron chi connectivity index (χ1n) is 16.7. The molecule has 0 aromatic heterocycles. The number of rotatable bonds is 5. The number of allylic oxidation sites excluding steroid dienone is 12. The van der Waals surface area contributed by atoms with Crippen LogP contribution in [0.3, 0.4) is 0 Å². The molecule has 0 bridgehead atoms. The van der Waals surface area contributed by atoms with Crippen molar-refractivity contribution >= 4 is 34.5 Å². The third-order valence-electron chi connectivity index (χ3n) is 10.5. The number of fused-ring (bicyclic) bond motifs is 3. The van der Waals surface area contributed by atoms with Gasteiger partial charge in [0.15, 0.2) is 0 Å². The third kappa shape index (κ3) is 6.55. The van der Waals surface area contributed by atoms with E-state index in [4.69, 9.17) is 4.99 Å². The van der Waals surface area contributed by atoms with E-state index in [0.29, 0.717) is 29.6 Å². The van der Waals surface area contributed by atoms with Crippen molar-refractivity contribution in [3.05, 3.63) is 128 Å². The highest BCUT2D eigenvalue weighted by Gasteiger charge is 2.46. The number of dihydropyridines is 1. The van der Waals surface area contributed by atoms with Crippen molar-refractivity contribution in [1.82, 2.24) is 5.32 Å². The summed E-state index contributed by atoms with van der Waals surface area (Å²) >= 11 is 2.66. The van der Waals surface area contributed by atoms with E-state index >= 15 is 0 Å². The minimum absolute atomic E-state index is 0.176. The van der Waals surface area contributed by atoms with Crippen molar-refractivity contribution in [2.75, 3.05) is 13.6 Å².